The molecule has 0 radical (unpaired) electrons. The highest BCUT2D eigenvalue weighted by Gasteiger charge is 2.34. The molecule has 27 heavy (non-hydrogen) atoms. The molecule has 0 spiro atoms. The highest BCUT2D eigenvalue weighted by Crippen LogP contribution is 2.28. The molecular formula is C20H25N5O2. The smallest absolute Gasteiger partial charge is 0.235 e. The van der Waals surface area contributed by atoms with Crippen molar-refractivity contribution in [3.05, 3.63) is 48.3 Å². The number of aromatic nitrogens is 3. The van der Waals surface area contributed by atoms with E-state index in [-0.39, 0.29) is 11.8 Å². The maximum atomic E-state index is 12.7. The molecule has 1 N–H and O–H groups in total. The number of likely N-dealkylation sites (tertiary alicyclic amines) is 1. The van der Waals surface area contributed by atoms with Gasteiger partial charge in [0.05, 0.1) is 6.54 Å². The second-order valence-electron chi connectivity index (χ2n) is 7.36. The van der Waals surface area contributed by atoms with Crippen LogP contribution in [0.5, 0.6) is 0 Å². The Morgan fingerprint density at radius 1 is 1.22 bits per heavy atom. The zero-order valence-electron chi connectivity index (χ0n) is 15.4. The Morgan fingerprint density at radius 2 is 2.07 bits per heavy atom. The molecule has 0 bridgehead atoms. The van der Waals surface area contributed by atoms with Crippen LogP contribution >= 0.6 is 0 Å². The molecule has 0 saturated carbocycles. The van der Waals surface area contributed by atoms with Gasteiger partial charge in [0.25, 0.3) is 0 Å². The van der Waals surface area contributed by atoms with E-state index in [9.17, 15) is 9.59 Å². The van der Waals surface area contributed by atoms with E-state index in [2.05, 4.69) is 25.9 Å². The van der Waals surface area contributed by atoms with Crippen LogP contribution in [0.25, 0.3) is 0 Å². The Hall–Kier alpha value is -2.70. The first-order chi connectivity index (χ1) is 13.2. The summed E-state index contributed by atoms with van der Waals surface area (Å²) in [5, 5.41) is 2.81. The fourth-order valence-corrected chi connectivity index (χ4v) is 4.09. The van der Waals surface area contributed by atoms with Crippen molar-refractivity contribution in [1.82, 2.24) is 24.8 Å². The van der Waals surface area contributed by atoms with Crippen LogP contribution in [-0.2, 0) is 16.1 Å². The molecule has 2 aliphatic rings. The topological polar surface area (TPSA) is 80.1 Å². The number of hydrogen-bond donors (Lipinski definition) is 1. The van der Waals surface area contributed by atoms with E-state index in [1.54, 1.807) is 6.20 Å². The number of pyridine rings is 1. The van der Waals surface area contributed by atoms with Crippen LogP contribution in [0, 0.1) is 5.92 Å². The Labute approximate surface area is 158 Å². The van der Waals surface area contributed by atoms with Gasteiger partial charge in [-0.2, -0.15) is 0 Å². The first-order valence-electron chi connectivity index (χ1n) is 9.69. The zero-order valence-corrected chi connectivity index (χ0v) is 15.4. The van der Waals surface area contributed by atoms with Crippen LogP contribution in [0.1, 0.15) is 43.0 Å². The summed E-state index contributed by atoms with van der Waals surface area (Å²) >= 11 is 0. The molecule has 142 valence electrons. The minimum atomic E-state index is -0.497. The zero-order chi connectivity index (χ0) is 18.6. The van der Waals surface area contributed by atoms with Crippen molar-refractivity contribution < 1.29 is 9.59 Å². The Bertz CT molecular complexity index is 796. The number of nitrogens with zero attached hydrogens (tertiary/aromatic N) is 4. The van der Waals surface area contributed by atoms with Crippen LogP contribution in [0.4, 0.5) is 0 Å². The number of hydrogen-bond acceptors (Lipinski definition) is 4. The first-order valence-corrected chi connectivity index (χ1v) is 9.69. The molecular weight excluding hydrogens is 342 g/mol. The highest BCUT2D eigenvalue weighted by molar-refractivity contribution is 6.00. The summed E-state index contributed by atoms with van der Waals surface area (Å²) in [5.41, 5.74) is 1.15. The lowest BCUT2D eigenvalue weighted by Crippen LogP contribution is -2.48. The molecule has 1 atom stereocenters. The predicted molar refractivity (Wildman–Crippen MR) is 99.9 cm³/mol. The summed E-state index contributed by atoms with van der Waals surface area (Å²) in [5.74, 6) is 0.787. The van der Waals surface area contributed by atoms with Gasteiger partial charge in [0.1, 0.15) is 11.7 Å². The van der Waals surface area contributed by atoms with Crippen LogP contribution in [0.3, 0.4) is 0 Å². The summed E-state index contributed by atoms with van der Waals surface area (Å²) in [6, 6.07) is 4.00. The molecule has 7 heteroatoms. The summed E-state index contributed by atoms with van der Waals surface area (Å²) in [6.45, 7) is 2.81. The molecule has 0 aliphatic carbocycles. The van der Waals surface area contributed by atoms with E-state index in [4.69, 9.17) is 0 Å². The van der Waals surface area contributed by atoms with E-state index in [0.29, 0.717) is 32.0 Å². The summed E-state index contributed by atoms with van der Waals surface area (Å²) < 4.78 is 2.17. The van der Waals surface area contributed by atoms with Gasteiger partial charge in [0.15, 0.2) is 0 Å². The van der Waals surface area contributed by atoms with Crippen molar-refractivity contribution >= 4 is 11.8 Å². The fraction of sp³-hybridized carbons (Fsp3) is 0.500. The molecule has 2 aromatic rings. The van der Waals surface area contributed by atoms with Gasteiger partial charge in [-0.05, 0) is 37.3 Å². The van der Waals surface area contributed by atoms with Crippen molar-refractivity contribution in [2.24, 2.45) is 5.92 Å². The van der Waals surface area contributed by atoms with Crippen molar-refractivity contribution in [1.29, 1.82) is 0 Å². The number of rotatable bonds is 4. The average Bonchev–Trinajstić information content (AvgIpc) is 3.17. The SMILES string of the molecule is O=C1NCCC[C@H]1C(=O)N1CCC(c2nccn2Cc2cccnc2)CC1. The molecule has 2 amide bonds. The number of carbonyl (C=O) groups excluding carboxylic acids is 2. The molecule has 2 saturated heterocycles. The van der Waals surface area contributed by atoms with Gasteiger partial charge < -0.3 is 14.8 Å². The van der Waals surface area contributed by atoms with E-state index in [1.165, 1.54) is 0 Å². The lowest BCUT2D eigenvalue weighted by atomic mass is 9.92. The highest BCUT2D eigenvalue weighted by atomic mass is 16.2. The third-order valence-corrected chi connectivity index (χ3v) is 5.58. The largest absolute Gasteiger partial charge is 0.355 e. The quantitative estimate of drug-likeness (QED) is 0.832. The molecule has 7 nitrogen and oxygen atoms in total. The third-order valence-electron chi connectivity index (χ3n) is 5.58. The van der Waals surface area contributed by atoms with Gasteiger partial charge in [0.2, 0.25) is 11.8 Å². The van der Waals surface area contributed by atoms with Gasteiger partial charge in [-0.3, -0.25) is 14.6 Å². The lowest BCUT2D eigenvalue weighted by molar-refractivity contribution is -0.144. The van der Waals surface area contributed by atoms with Crippen LogP contribution in [0.15, 0.2) is 36.9 Å². The normalized spacial score (nSPS) is 21.1. The summed E-state index contributed by atoms with van der Waals surface area (Å²) in [6.07, 6.45) is 10.8. The van der Waals surface area contributed by atoms with E-state index >= 15 is 0 Å². The summed E-state index contributed by atoms with van der Waals surface area (Å²) in [4.78, 5) is 35.3. The molecule has 2 fully saturated rings. The molecule has 0 aromatic carbocycles. The van der Waals surface area contributed by atoms with Crippen molar-refractivity contribution in [2.75, 3.05) is 19.6 Å². The maximum Gasteiger partial charge on any atom is 0.235 e. The van der Waals surface area contributed by atoms with Crippen molar-refractivity contribution in [3.8, 4) is 0 Å². The maximum absolute atomic E-state index is 12.7. The molecule has 4 heterocycles. The van der Waals surface area contributed by atoms with E-state index in [0.717, 1.165) is 37.2 Å². The van der Waals surface area contributed by atoms with Crippen LogP contribution < -0.4 is 5.32 Å². The Balaban J connectivity index is 1.38. The third kappa shape index (κ3) is 3.86. The number of imidazole rings is 1. The number of carbonyl (C=O) groups is 2. The molecule has 0 unspecified atom stereocenters. The van der Waals surface area contributed by atoms with Gasteiger partial charge in [0, 0.05) is 50.3 Å². The van der Waals surface area contributed by atoms with Crippen molar-refractivity contribution in [2.45, 2.75) is 38.1 Å². The number of piperidine rings is 2. The second kappa shape index (κ2) is 7.90. The Kier molecular flexibility index (Phi) is 5.18. The minimum absolute atomic E-state index is 0.00986. The standard InChI is InChI=1S/C20H25N5O2/c26-19-17(4-2-8-23-19)20(27)24-10-5-16(6-11-24)18-22-9-12-25(18)14-15-3-1-7-21-13-15/h1,3,7,9,12-13,16-17H,2,4-6,8,10-11,14H2,(H,23,26)/t17-/m1/s1. The average molecular weight is 367 g/mol. The fourth-order valence-electron chi connectivity index (χ4n) is 4.09. The van der Waals surface area contributed by atoms with Gasteiger partial charge in [-0.1, -0.05) is 6.07 Å². The minimum Gasteiger partial charge on any atom is -0.355 e. The molecule has 2 aromatic heterocycles. The monoisotopic (exact) mass is 367 g/mol. The molecule has 2 aliphatic heterocycles. The van der Waals surface area contributed by atoms with E-state index < -0.39 is 5.92 Å². The number of nitrogens with one attached hydrogen (secondary N) is 1. The van der Waals surface area contributed by atoms with Gasteiger partial charge in [-0.25, -0.2) is 4.98 Å². The second-order valence-corrected chi connectivity index (χ2v) is 7.36. The van der Waals surface area contributed by atoms with Crippen LogP contribution in [0.2, 0.25) is 0 Å². The lowest BCUT2D eigenvalue weighted by Gasteiger charge is -2.34. The van der Waals surface area contributed by atoms with Gasteiger partial charge in [-0.15, -0.1) is 0 Å². The molecule has 4 rings (SSSR count). The van der Waals surface area contributed by atoms with Gasteiger partial charge >= 0.3 is 0 Å². The Morgan fingerprint density at radius 3 is 2.81 bits per heavy atom. The first kappa shape index (κ1) is 17.7. The van der Waals surface area contributed by atoms with Crippen LogP contribution in [-0.4, -0.2) is 50.9 Å². The van der Waals surface area contributed by atoms with Crippen molar-refractivity contribution in [3.63, 3.8) is 0 Å². The predicted octanol–water partition coefficient (Wildman–Crippen LogP) is 1.56. The number of amides is 2. The van der Waals surface area contributed by atoms with E-state index in [1.807, 2.05) is 29.6 Å². The summed E-state index contributed by atoms with van der Waals surface area (Å²) in [7, 11) is 0.